The lowest BCUT2D eigenvalue weighted by atomic mass is 10.0. The van der Waals surface area contributed by atoms with Crippen LogP contribution in [0.25, 0.3) is 0 Å². The van der Waals surface area contributed by atoms with E-state index in [-0.39, 0.29) is 26.7 Å². The molecule has 0 aliphatic rings. The van der Waals surface area contributed by atoms with E-state index in [4.69, 9.17) is 0 Å². The molecule has 0 aromatic carbocycles. The van der Waals surface area contributed by atoms with Crippen molar-refractivity contribution < 1.29 is 14.1 Å². The van der Waals surface area contributed by atoms with E-state index in [2.05, 4.69) is 4.74 Å². The molecule has 0 radical (unpaired) electrons. The van der Waals surface area contributed by atoms with Gasteiger partial charge in [0.2, 0.25) is 0 Å². The predicted octanol–water partition coefficient (Wildman–Crippen LogP) is 2.21. The molecular formula is C7H13O3P. The van der Waals surface area contributed by atoms with E-state index in [0.29, 0.717) is 0 Å². The smallest absolute Gasteiger partial charge is 0.309 e. The molecule has 0 bridgehead atoms. The first kappa shape index (κ1) is 10.6. The summed E-state index contributed by atoms with van der Waals surface area (Å²) < 4.78 is 14.6. The van der Waals surface area contributed by atoms with Gasteiger partial charge in [-0.3, -0.25) is 9.36 Å². The van der Waals surface area contributed by atoms with Crippen molar-refractivity contribution >= 4 is 14.4 Å². The Morgan fingerprint density at radius 1 is 1.45 bits per heavy atom. The zero-order valence-electron chi connectivity index (χ0n) is 6.87. The van der Waals surface area contributed by atoms with Crippen molar-refractivity contribution in [2.24, 2.45) is 5.92 Å². The van der Waals surface area contributed by atoms with E-state index >= 15 is 0 Å². The van der Waals surface area contributed by atoms with Gasteiger partial charge in [0.15, 0.2) is 14.8 Å². The first-order valence-corrected chi connectivity index (χ1v) is 4.71. The molecule has 0 spiro atoms. The Morgan fingerprint density at radius 3 is 2.36 bits per heavy atom. The summed E-state index contributed by atoms with van der Waals surface area (Å²) in [4.78, 5) is 11.0. The van der Waals surface area contributed by atoms with Crippen molar-refractivity contribution in [3.05, 3.63) is 0 Å². The predicted molar refractivity (Wildman–Crippen MR) is 42.6 cm³/mol. The van der Waals surface area contributed by atoms with E-state index in [1.807, 2.05) is 13.8 Å². The minimum Gasteiger partial charge on any atom is -0.453 e. The van der Waals surface area contributed by atoms with Crippen molar-refractivity contribution in [2.45, 2.75) is 26.7 Å². The molecule has 0 saturated heterocycles. The number of carbonyl (C=O) groups is 1. The summed E-state index contributed by atoms with van der Waals surface area (Å²) in [7, 11) is -0.136. The Bertz CT molecular complexity index is 132. The largest absolute Gasteiger partial charge is 0.453 e. The van der Waals surface area contributed by atoms with Crippen LogP contribution in [0.2, 0.25) is 0 Å². The highest BCUT2D eigenvalue weighted by atomic mass is 31.1. The minimum atomic E-state index is -0.238. The maximum Gasteiger partial charge on any atom is 0.309 e. The molecule has 4 heteroatoms. The molecule has 0 aliphatic heterocycles. The van der Waals surface area contributed by atoms with Gasteiger partial charge < -0.3 is 4.74 Å². The van der Waals surface area contributed by atoms with Gasteiger partial charge in [-0.2, -0.15) is 0 Å². The first-order chi connectivity index (χ1) is 5.26. The topological polar surface area (TPSA) is 43.4 Å². The van der Waals surface area contributed by atoms with Gasteiger partial charge in [-0.25, -0.2) is 0 Å². The zero-order chi connectivity index (χ0) is 8.69. The molecular weight excluding hydrogens is 163 g/mol. The van der Waals surface area contributed by atoms with Gasteiger partial charge in [-0.05, 0) is 12.8 Å². The average molecular weight is 176 g/mol. The van der Waals surface area contributed by atoms with Gasteiger partial charge in [0.1, 0.15) is 0 Å². The molecule has 0 aliphatic carbocycles. The van der Waals surface area contributed by atoms with Crippen molar-refractivity contribution in [3.63, 3.8) is 0 Å². The van der Waals surface area contributed by atoms with Crippen LogP contribution in [-0.4, -0.2) is 12.3 Å². The highest BCUT2D eigenvalue weighted by Crippen LogP contribution is 2.10. The molecule has 0 amide bonds. The van der Waals surface area contributed by atoms with Gasteiger partial charge >= 0.3 is 5.97 Å². The van der Waals surface area contributed by atoms with E-state index in [9.17, 15) is 9.36 Å². The Labute approximate surface area is 68.3 Å². The summed E-state index contributed by atoms with van der Waals surface area (Å²) in [6.45, 7) is 3.87. The zero-order valence-corrected chi connectivity index (χ0v) is 7.77. The summed E-state index contributed by atoms with van der Waals surface area (Å²) >= 11 is 0. The summed E-state index contributed by atoms with van der Waals surface area (Å²) in [5.74, 6) is -0.268. The second-order valence-corrected chi connectivity index (χ2v) is 2.75. The Hall–Kier alpha value is -0.430. The fraction of sp³-hybridized carbons (Fsp3) is 0.857. The van der Waals surface area contributed by atoms with Crippen LogP contribution in [0.1, 0.15) is 26.7 Å². The van der Waals surface area contributed by atoms with Crippen molar-refractivity contribution in [1.82, 2.24) is 0 Å². The molecule has 0 rings (SSSR count). The van der Waals surface area contributed by atoms with Crippen LogP contribution in [0.4, 0.5) is 0 Å². The lowest BCUT2D eigenvalue weighted by molar-refractivity contribution is -0.146. The molecule has 0 N–H and O–H groups in total. The monoisotopic (exact) mass is 176 g/mol. The average Bonchev–Trinajstić information content (AvgIpc) is 2.03. The molecule has 64 valence electrons. The summed E-state index contributed by atoms with van der Waals surface area (Å²) in [5.41, 5.74) is 0. The molecule has 3 nitrogen and oxygen atoms in total. The van der Waals surface area contributed by atoms with Crippen molar-refractivity contribution in [3.8, 4) is 0 Å². The van der Waals surface area contributed by atoms with Crippen LogP contribution in [0.3, 0.4) is 0 Å². The maximum atomic E-state index is 11.0. The summed E-state index contributed by atoms with van der Waals surface area (Å²) in [6, 6.07) is 0. The third-order valence-electron chi connectivity index (χ3n) is 1.58. The number of hydrogen-bond donors (Lipinski definition) is 0. The van der Waals surface area contributed by atoms with E-state index < -0.39 is 0 Å². The van der Waals surface area contributed by atoms with Crippen LogP contribution in [0, 0.1) is 5.92 Å². The van der Waals surface area contributed by atoms with Crippen LogP contribution >= 0.6 is 8.46 Å². The fourth-order valence-corrected chi connectivity index (χ4v) is 1.01. The lowest BCUT2D eigenvalue weighted by Crippen LogP contribution is -2.15. The van der Waals surface area contributed by atoms with Gasteiger partial charge in [-0.1, -0.05) is 13.8 Å². The highest BCUT2D eigenvalue weighted by molar-refractivity contribution is 7.23. The second kappa shape index (κ2) is 6.29. The highest BCUT2D eigenvalue weighted by Gasteiger charge is 2.14. The summed E-state index contributed by atoms with van der Waals surface area (Å²) in [6.07, 6.45) is 1.55. The molecule has 0 unspecified atom stereocenters. The summed E-state index contributed by atoms with van der Waals surface area (Å²) in [5, 5.41) is 0. The van der Waals surface area contributed by atoms with Crippen LogP contribution in [0.5, 0.6) is 0 Å². The number of carbonyl (C=O) groups excluding carboxylic acids is 1. The van der Waals surface area contributed by atoms with Gasteiger partial charge in [0.05, 0.1) is 5.92 Å². The number of hydrogen-bond acceptors (Lipinski definition) is 3. The van der Waals surface area contributed by atoms with E-state index in [1.54, 1.807) is 0 Å². The van der Waals surface area contributed by atoms with Gasteiger partial charge in [0, 0.05) is 0 Å². The fourth-order valence-electron chi connectivity index (χ4n) is 0.830. The molecule has 0 aromatic heterocycles. The third kappa shape index (κ3) is 4.10. The first-order valence-electron chi connectivity index (χ1n) is 3.72. The standard InChI is InChI=1S/C7H13O3P/c1-3-6(4-2)7(8)10-5-11-9/h6H,3-5H2,1-2H3. The van der Waals surface area contributed by atoms with Crippen LogP contribution < -0.4 is 0 Å². The van der Waals surface area contributed by atoms with Gasteiger partial charge in [0.25, 0.3) is 0 Å². The number of esters is 1. The van der Waals surface area contributed by atoms with E-state index in [0.717, 1.165) is 12.8 Å². The maximum absolute atomic E-state index is 11.0. The van der Waals surface area contributed by atoms with Crippen molar-refractivity contribution in [1.29, 1.82) is 0 Å². The Balaban J connectivity index is 3.69. The normalized spacial score (nSPS) is 10.5. The molecule has 0 atom stereocenters. The molecule has 0 fully saturated rings. The number of ether oxygens (including phenoxy) is 1. The number of rotatable bonds is 5. The van der Waals surface area contributed by atoms with E-state index in [1.165, 1.54) is 0 Å². The SMILES string of the molecule is CCC(CC)C(=O)OCP=O. The molecule has 0 aromatic rings. The third-order valence-corrected chi connectivity index (χ3v) is 1.81. The second-order valence-electron chi connectivity index (χ2n) is 2.23. The van der Waals surface area contributed by atoms with Crippen molar-refractivity contribution in [2.75, 3.05) is 6.35 Å². The minimum absolute atomic E-state index is 0.0185. The molecule has 11 heavy (non-hydrogen) atoms. The Kier molecular flexibility index (Phi) is 6.05. The Morgan fingerprint density at radius 2 is 2.00 bits per heavy atom. The van der Waals surface area contributed by atoms with Crippen LogP contribution in [0.15, 0.2) is 0 Å². The van der Waals surface area contributed by atoms with Crippen LogP contribution in [-0.2, 0) is 14.1 Å². The lowest BCUT2D eigenvalue weighted by Gasteiger charge is -2.08. The molecule has 0 heterocycles. The molecule has 0 saturated carbocycles. The quantitative estimate of drug-likeness (QED) is 0.476. The van der Waals surface area contributed by atoms with Gasteiger partial charge in [-0.15, -0.1) is 0 Å².